The van der Waals surface area contributed by atoms with Crippen molar-refractivity contribution in [3.8, 4) is 0 Å². The van der Waals surface area contributed by atoms with Gasteiger partial charge in [-0.25, -0.2) is 4.68 Å². The second kappa shape index (κ2) is 8.36. The molecule has 0 saturated heterocycles. The zero-order valence-electron chi connectivity index (χ0n) is 16.3. The fourth-order valence-electron chi connectivity index (χ4n) is 3.89. The highest BCUT2D eigenvalue weighted by atomic mass is 32.2. The first-order valence-corrected chi connectivity index (χ1v) is 10.9. The van der Waals surface area contributed by atoms with Crippen LogP contribution in [0.1, 0.15) is 57.1 Å². The van der Waals surface area contributed by atoms with Crippen molar-refractivity contribution < 1.29 is 9.72 Å². The van der Waals surface area contributed by atoms with E-state index in [2.05, 4.69) is 22.3 Å². The molecule has 1 aliphatic carbocycles. The number of hydrogen-bond acceptors (Lipinski definition) is 7. The number of hydrogen-bond donors (Lipinski definition) is 1. The molecular weight excluding hydrogens is 390 g/mol. The Hall–Kier alpha value is -2.68. The molecular formula is C20H23N5O3S. The van der Waals surface area contributed by atoms with Gasteiger partial charge in [-0.2, -0.15) is 4.98 Å². The molecule has 1 atom stereocenters. The summed E-state index contributed by atoms with van der Waals surface area (Å²) in [4.78, 5) is 28.7. The number of ketones is 1. The maximum absolute atomic E-state index is 12.8. The number of nitro groups is 1. The molecule has 0 bridgehead atoms. The summed E-state index contributed by atoms with van der Waals surface area (Å²) >= 11 is 1.58. The van der Waals surface area contributed by atoms with E-state index in [9.17, 15) is 14.9 Å². The average molecular weight is 414 g/mol. The molecule has 1 aliphatic heterocycles. The maximum atomic E-state index is 12.8. The number of nitro benzene ring substituents is 1. The zero-order chi connectivity index (χ0) is 20.4. The van der Waals surface area contributed by atoms with Crippen LogP contribution in [0.3, 0.4) is 0 Å². The highest BCUT2D eigenvalue weighted by Crippen LogP contribution is 2.42. The summed E-state index contributed by atoms with van der Waals surface area (Å²) in [5, 5.41) is 20.2. The van der Waals surface area contributed by atoms with Crippen LogP contribution in [0.2, 0.25) is 0 Å². The van der Waals surface area contributed by atoms with E-state index in [0.29, 0.717) is 28.7 Å². The lowest BCUT2D eigenvalue weighted by atomic mass is 9.85. The SMILES string of the molecule is CCCCCSc1nc2n(n1)[C@H](c1ccccc1[N+](=O)[O-])C1=C(CCCC1=O)N2. The predicted octanol–water partition coefficient (Wildman–Crippen LogP) is 4.49. The summed E-state index contributed by atoms with van der Waals surface area (Å²) in [6, 6.07) is 5.95. The molecule has 9 heteroatoms. The van der Waals surface area contributed by atoms with Gasteiger partial charge in [-0.3, -0.25) is 14.9 Å². The maximum Gasteiger partial charge on any atom is 0.275 e. The van der Waals surface area contributed by atoms with Crippen LogP contribution in [0.4, 0.5) is 11.6 Å². The smallest absolute Gasteiger partial charge is 0.275 e. The molecule has 29 heavy (non-hydrogen) atoms. The molecule has 0 radical (unpaired) electrons. The fourth-order valence-corrected chi connectivity index (χ4v) is 4.71. The molecule has 0 spiro atoms. The van der Waals surface area contributed by atoms with E-state index < -0.39 is 11.0 Å². The van der Waals surface area contributed by atoms with E-state index >= 15 is 0 Å². The Morgan fingerprint density at radius 1 is 1.31 bits per heavy atom. The second-order valence-corrected chi connectivity index (χ2v) is 8.29. The molecule has 1 N–H and O–H groups in total. The Balaban J connectivity index is 1.77. The fraction of sp³-hybridized carbons (Fsp3) is 0.450. The van der Waals surface area contributed by atoms with Gasteiger partial charge in [-0.15, -0.1) is 5.10 Å². The van der Waals surface area contributed by atoms with Crippen molar-refractivity contribution in [2.75, 3.05) is 11.1 Å². The molecule has 0 amide bonds. The van der Waals surface area contributed by atoms with Gasteiger partial charge in [-0.1, -0.05) is 43.7 Å². The van der Waals surface area contributed by atoms with Crippen molar-refractivity contribution in [2.45, 2.75) is 56.6 Å². The molecule has 0 saturated carbocycles. The van der Waals surface area contributed by atoms with E-state index in [1.165, 1.54) is 6.07 Å². The topological polar surface area (TPSA) is 103 Å². The summed E-state index contributed by atoms with van der Waals surface area (Å²) in [5.74, 6) is 1.47. The minimum Gasteiger partial charge on any atom is -0.328 e. The molecule has 2 aromatic rings. The number of thioether (sulfide) groups is 1. The third-order valence-electron chi connectivity index (χ3n) is 5.26. The van der Waals surface area contributed by atoms with Crippen LogP contribution >= 0.6 is 11.8 Å². The van der Waals surface area contributed by atoms with Crippen LogP contribution in [0.15, 0.2) is 40.7 Å². The Kier molecular flexibility index (Phi) is 5.66. The molecule has 8 nitrogen and oxygen atoms in total. The van der Waals surface area contributed by atoms with Gasteiger partial charge in [0.2, 0.25) is 11.1 Å². The first-order valence-electron chi connectivity index (χ1n) is 9.96. The third-order valence-corrected chi connectivity index (χ3v) is 6.18. The summed E-state index contributed by atoms with van der Waals surface area (Å²) in [6.07, 6.45) is 5.32. The molecule has 0 unspecified atom stereocenters. The quantitative estimate of drug-likeness (QED) is 0.309. The Morgan fingerprint density at radius 3 is 2.93 bits per heavy atom. The number of para-hydroxylation sites is 1. The van der Waals surface area contributed by atoms with E-state index in [-0.39, 0.29) is 11.5 Å². The number of allylic oxidation sites excluding steroid dienone is 2. The van der Waals surface area contributed by atoms with Crippen LogP contribution in [0, 0.1) is 10.1 Å². The lowest BCUT2D eigenvalue weighted by Gasteiger charge is -2.31. The molecule has 2 aliphatic rings. The number of carbonyl (C=O) groups excluding carboxylic acids is 1. The van der Waals surface area contributed by atoms with Gasteiger partial charge >= 0.3 is 0 Å². The summed E-state index contributed by atoms with van der Waals surface area (Å²) < 4.78 is 1.65. The summed E-state index contributed by atoms with van der Waals surface area (Å²) in [5.41, 5.74) is 1.84. The van der Waals surface area contributed by atoms with Gasteiger partial charge in [0.1, 0.15) is 6.04 Å². The zero-order valence-corrected chi connectivity index (χ0v) is 17.1. The van der Waals surface area contributed by atoms with Crippen LogP contribution < -0.4 is 5.32 Å². The highest BCUT2D eigenvalue weighted by Gasteiger charge is 2.39. The third kappa shape index (κ3) is 3.78. The Labute approximate surface area is 172 Å². The van der Waals surface area contributed by atoms with Gasteiger partial charge in [-0.05, 0) is 25.3 Å². The molecule has 1 aromatic heterocycles. The van der Waals surface area contributed by atoms with E-state index in [0.717, 1.165) is 43.6 Å². The first-order chi connectivity index (χ1) is 14.1. The molecule has 152 valence electrons. The number of anilines is 1. The second-order valence-electron chi connectivity index (χ2n) is 7.23. The number of aromatic nitrogens is 3. The Morgan fingerprint density at radius 2 is 2.14 bits per heavy atom. The first kappa shape index (κ1) is 19.6. The number of benzene rings is 1. The molecule has 0 fully saturated rings. The van der Waals surface area contributed by atoms with E-state index in [4.69, 9.17) is 0 Å². The minimum atomic E-state index is -0.631. The van der Waals surface area contributed by atoms with Crippen LogP contribution in [-0.4, -0.2) is 31.2 Å². The number of nitrogens with one attached hydrogen (secondary N) is 1. The number of rotatable bonds is 7. The molecule has 4 rings (SSSR count). The highest BCUT2D eigenvalue weighted by molar-refractivity contribution is 7.99. The van der Waals surface area contributed by atoms with Crippen molar-refractivity contribution in [1.82, 2.24) is 14.8 Å². The van der Waals surface area contributed by atoms with Crippen molar-refractivity contribution in [3.05, 3.63) is 51.2 Å². The van der Waals surface area contributed by atoms with Crippen molar-refractivity contribution in [3.63, 3.8) is 0 Å². The summed E-state index contributed by atoms with van der Waals surface area (Å²) in [7, 11) is 0. The van der Waals surface area contributed by atoms with Crippen LogP contribution in [0.25, 0.3) is 0 Å². The average Bonchev–Trinajstić information content (AvgIpc) is 3.12. The normalized spacial score (nSPS) is 18.2. The molecule has 2 heterocycles. The van der Waals surface area contributed by atoms with Gasteiger partial charge in [0.15, 0.2) is 5.78 Å². The van der Waals surface area contributed by atoms with E-state index in [1.54, 1.807) is 34.6 Å². The van der Waals surface area contributed by atoms with Crippen molar-refractivity contribution in [2.24, 2.45) is 0 Å². The van der Waals surface area contributed by atoms with E-state index in [1.807, 2.05) is 0 Å². The number of nitrogens with zero attached hydrogens (tertiary/aromatic N) is 4. The van der Waals surface area contributed by atoms with Crippen molar-refractivity contribution >= 4 is 29.2 Å². The van der Waals surface area contributed by atoms with Gasteiger partial charge in [0, 0.05) is 29.5 Å². The van der Waals surface area contributed by atoms with Crippen molar-refractivity contribution in [1.29, 1.82) is 0 Å². The van der Waals surface area contributed by atoms with Crippen LogP contribution in [0.5, 0.6) is 0 Å². The number of Topliss-reactive ketones (excluding diaryl/α,β-unsaturated/α-hetero) is 1. The summed E-state index contributed by atoms with van der Waals surface area (Å²) in [6.45, 7) is 2.16. The number of unbranched alkanes of at least 4 members (excludes halogenated alkanes) is 2. The monoisotopic (exact) mass is 413 g/mol. The number of carbonyl (C=O) groups is 1. The van der Waals surface area contributed by atoms with Gasteiger partial charge < -0.3 is 5.32 Å². The minimum absolute atomic E-state index is 0.0109. The van der Waals surface area contributed by atoms with Crippen LogP contribution in [-0.2, 0) is 4.79 Å². The lowest BCUT2D eigenvalue weighted by molar-refractivity contribution is -0.385. The lowest BCUT2D eigenvalue weighted by Crippen LogP contribution is -2.31. The standard InChI is InChI=1S/C20H23N5O3S/c1-2-3-6-12-29-20-22-19-21-14-9-7-11-16(26)17(14)18(24(19)23-20)13-8-4-5-10-15(13)25(27)28/h4-5,8,10,18H,2-3,6-7,9,11-12H2,1H3,(H,21,22,23)/t18-/m1/s1. The molecule has 1 aromatic carbocycles. The Bertz CT molecular complexity index is 984. The van der Waals surface area contributed by atoms with Gasteiger partial charge in [0.05, 0.1) is 10.5 Å². The largest absolute Gasteiger partial charge is 0.328 e. The predicted molar refractivity (Wildman–Crippen MR) is 111 cm³/mol. The van der Waals surface area contributed by atoms with Gasteiger partial charge in [0.25, 0.3) is 5.69 Å². The number of fused-ring (bicyclic) bond motifs is 1.